The Hall–Kier alpha value is -1.36. The van der Waals surface area contributed by atoms with Crippen LogP contribution in [0.3, 0.4) is 0 Å². The number of nitrogens with zero attached hydrogens (tertiary/aromatic N) is 4. The van der Waals surface area contributed by atoms with E-state index in [0.717, 1.165) is 32.1 Å². The zero-order chi connectivity index (χ0) is 15.7. The maximum Gasteiger partial charge on any atom is 0.224 e. The van der Waals surface area contributed by atoms with Crippen LogP contribution in [0.15, 0.2) is 12.4 Å². The molecule has 1 aliphatic carbocycles. The first kappa shape index (κ1) is 15.5. The number of aromatic nitrogens is 2. The highest BCUT2D eigenvalue weighted by atomic mass is 16.2. The smallest absolute Gasteiger partial charge is 0.224 e. The molecule has 0 aromatic carbocycles. The summed E-state index contributed by atoms with van der Waals surface area (Å²) in [7, 11) is 1.95. The van der Waals surface area contributed by atoms with Crippen LogP contribution in [0.2, 0.25) is 0 Å². The lowest BCUT2D eigenvalue weighted by molar-refractivity contribution is -0.133. The molecule has 5 nitrogen and oxygen atoms in total. The van der Waals surface area contributed by atoms with Crippen molar-refractivity contribution >= 4 is 5.91 Å². The van der Waals surface area contributed by atoms with Crippen LogP contribution < -0.4 is 0 Å². The van der Waals surface area contributed by atoms with Gasteiger partial charge in [0, 0.05) is 57.4 Å². The Morgan fingerprint density at radius 2 is 2.14 bits per heavy atom. The molecule has 3 rings (SSSR count). The fourth-order valence-electron chi connectivity index (χ4n) is 3.38. The number of hydrogen-bond acceptors (Lipinski definition) is 3. The minimum Gasteiger partial charge on any atom is -0.338 e. The number of carbonyl (C=O) groups is 1. The fraction of sp³-hybridized carbons (Fsp3) is 0.765. The van der Waals surface area contributed by atoms with E-state index in [2.05, 4.69) is 34.9 Å². The predicted octanol–water partition coefficient (Wildman–Crippen LogP) is 1.89. The van der Waals surface area contributed by atoms with Crippen molar-refractivity contribution in [1.82, 2.24) is 19.6 Å². The lowest BCUT2D eigenvalue weighted by Crippen LogP contribution is -2.47. The number of hydrogen-bond donors (Lipinski definition) is 0. The highest BCUT2D eigenvalue weighted by Crippen LogP contribution is 2.32. The molecule has 2 aliphatic rings. The molecule has 0 radical (unpaired) electrons. The molecule has 2 heterocycles. The Morgan fingerprint density at radius 1 is 1.36 bits per heavy atom. The van der Waals surface area contributed by atoms with Crippen molar-refractivity contribution < 1.29 is 4.79 Å². The molecule has 0 N–H and O–H groups in total. The van der Waals surface area contributed by atoms with Crippen LogP contribution in [-0.4, -0.2) is 51.2 Å². The van der Waals surface area contributed by atoms with E-state index in [1.165, 1.54) is 18.4 Å². The van der Waals surface area contributed by atoms with Gasteiger partial charge in [-0.1, -0.05) is 13.8 Å². The van der Waals surface area contributed by atoms with Crippen molar-refractivity contribution in [2.45, 2.75) is 45.7 Å². The summed E-state index contributed by atoms with van der Waals surface area (Å²) in [6, 6.07) is 0.340. The molecule has 1 aromatic heterocycles. The Labute approximate surface area is 133 Å². The normalized spacial score (nSPS) is 24.1. The molecule has 1 atom stereocenters. The first-order chi connectivity index (χ1) is 10.5. The van der Waals surface area contributed by atoms with Crippen LogP contribution >= 0.6 is 0 Å². The van der Waals surface area contributed by atoms with Crippen LogP contribution in [0.25, 0.3) is 0 Å². The van der Waals surface area contributed by atoms with E-state index >= 15 is 0 Å². The Balaban J connectivity index is 1.70. The molecule has 5 heteroatoms. The summed E-state index contributed by atoms with van der Waals surface area (Å²) in [5.74, 6) is 1.60. The average Bonchev–Trinajstić information content (AvgIpc) is 3.22. The largest absolute Gasteiger partial charge is 0.338 e. The molecule has 122 valence electrons. The summed E-state index contributed by atoms with van der Waals surface area (Å²) < 4.78 is 1.84. The third kappa shape index (κ3) is 3.69. The van der Waals surface area contributed by atoms with Crippen molar-refractivity contribution in [3.8, 4) is 0 Å². The second-order valence-corrected chi connectivity index (χ2v) is 7.31. The van der Waals surface area contributed by atoms with Crippen LogP contribution in [0.1, 0.15) is 38.7 Å². The highest BCUT2D eigenvalue weighted by Gasteiger charge is 2.35. The third-order valence-electron chi connectivity index (χ3n) is 4.89. The first-order valence-corrected chi connectivity index (χ1v) is 8.52. The van der Waals surface area contributed by atoms with E-state index in [1.54, 1.807) is 0 Å². The van der Waals surface area contributed by atoms with Crippen LogP contribution in [0.4, 0.5) is 0 Å². The fourth-order valence-corrected chi connectivity index (χ4v) is 3.38. The number of rotatable bonds is 5. The molecular formula is C17H28N4O. The van der Waals surface area contributed by atoms with Gasteiger partial charge < -0.3 is 4.90 Å². The first-order valence-electron chi connectivity index (χ1n) is 8.52. The highest BCUT2D eigenvalue weighted by molar-refractivity contribution is 5.77. The Morgan fingerprint density at radius 3 is 2.73 bits per heavy atom. The summed E-state index contributed by atoms with van der Waals surface area (Å²) in [6.45, 7) is 8.18. The van der Waals surface area contributed by atoms with Crippen molar-refractivity contribution in [3.63, 3.8) is 0 Å². The second-order valence-electron chi connectivity index (χ2n) is 7.31. The predicted molar refractivity (Wildman–Crippen MR) is 86.2 cm³/mol. The van der Waals surface area contributed by atoms with Crippen LogP contribution in [0, 0.1) is 11.8 Å². The van der Waals surface area contributed by atoms with Gasteiger partial charge in [0.25, 0.3) is 0 Å². The standard InChI is InChI=1S/C17H28N4O/c1-13(2)16-12-20(10-15-8-18-19(3)9-15)7-6-17(22)21(16)11-14-4-5-14/h8-9,13-14,16H,4-7,10-12H2,1-3H3. The summed E-state index contributed by atoms with van der Waals surface area (Å²) in [5.41, 5.74) is 1.23. The molecule has 1 saturated carbocycles. The van der Waals surface area contributed by atoms with E-state index < -0.39 is 0 Å². The minimum atomic E-state index is 0.340. The third-order valence-corrected chi connectivity index (χ3v) is 4.89. The van der Waals surface area contributed by atoms with Gasteiger partial charge in [0.15, 0.2) is 0 Å². The summed E-state index contributed by atoms with van der Waals surface area (Å²) >= 11 is 0. The van der Waals surface area contributed by atoms with Gasteiger partial charge in [-0.3, -0.25) is 14.4 Å². The van der Waals surface area contributed by atoms with Gasteiger partial charge in [0.1, 0.15) is 0 Å². The molecule has 1 aromatic rings. The van der Waals surface area contributed by atoms with E-state index in [1.807, 2.05) is 17.9 Å². The zero-order valence-corrected chi connectivity index (χ0v) is 14.0. The Bertz CT molecular complexity index is 520. The van der Waals surface area contributed by atoms with Gasteiger partial charge in [-0.15, -0.1) is 0 Å². The topological polar surface area (TPSA) is 41.4 Å². The molecule has 1 amide bonds. The second kappa shape index (κ2) is 6.41. The van der Waals surface area contributed by atoms with Gasteiger partial charge in [0.2, 0.25) is 5.91 Å². The molecule has 0 spiro atoms. The lowest BCUT2D eigenvalue weighted by atomic mass is 10.0. The van der Waals surface area contributed by atoms with Gasteiger partial charge in [0.05, 0.1) is 6.20 Å². The number of carbonyl (C=O) groups excluding carboxylic acids is 1. The molecule has 1 unspecified atom stereocenters. The van der Waals surface area contributed by atoms with E-state index in [-0.39, 0.29) is 0 Å². The number of amides is 1. The summed E-state index contributed by atoms with van der Waals surface area (Å²) in [6.07, 6.45) is 7.25. The quantitative estimate of drug-likeness (QED) is 0.834. The summed E-state index contributed by atoms with van der Waals surface area (Å²) in [4.78, 5) is 17.2. The molecule has 22 heavy (non-hydrogen) atoms. The van der Waals surface area contributed by atoms with Crippen molar-refractivity contribution in [3.05, 3.63) is 18.0 Å². The molecule has 0 bridgehead atoms. The maximum absolute atomic E-state index is 12.6. The Kier molecular flexibility index (Phi) is 4.52. The van der Waals surface area contributed by atoms with Gasteiger partial charge in [-0.25, -0.2) is 0 Å². The maximum atomic E-state index is 12.6. The van der Waals surface area contributed by atoms with E-state index in [0.29, 0.717) is 24.3 Å². The van der Waals surface area contributed by atoms with Crippen LogP contribution in [0.5, 0.6) is 0 Å². The minimum absolute atomic E-state index is 0.340. The lowest BCUT2D eigenvalue weighted by Gasteiger charge is -2.34. The SMILES string of the molecule is CC(C)C1CN(Cc2cnn(C)c2)CCC(=O)N1CC1CC1. The van der Waals surface area contributed by atoms with Gasteiger partial charge in [-0.05, 0) is 24.7 Å². The van der Waals surface area contributed by atoms with Crippen molar-refractivity contribution in [2.75, 3.05) is 19.6 Å². The molecule has 1 saturated heterocycles. The number of aryl methyl sites for hydroxylation is 1. The molecule has 1 aliphatic heterocycles. The van der Waals surface area contributed by atoms with Gasteiger partial charge >= 0.3 is 0 Å². The molecule has 2 fully saturated rings. The van der Waals surface area contributed by atoms with Crippen molar-refractivity contribution in [2.24, 2.45) is 18.9 Å². The molecular weight excluding hydrogens is 276 g/mol. The van der Waals surface area contributed by atoms with E-state index in [4.69, 9.17) is 0 Å². The zero-order valence-electron chi connectivity index (χ0n) is 14.0. The van der Waals surface area contributed by atoms with Gasteiger partial charge in [-0.2, -0.15) is 5.10 Å². The summed E-state index contributed by atoms with van der Waals surface area (Å²) in [5, 5.41) is 4.25. The van der Waals surface area contributed by atoms with Crippen LogP contribution in [-0.2, 0) is 18.4 Å². The van der Waals surface area contributed by atoms with E-state index in [9.17, 15) is 4.79 Å². The average molecular weight is 304 g/mol. The van der Waals surface area contributed by atoms with Crippen molar-refractivity contribution in [1.29, 1.82) is 0 Å². The monoisotopic (exact) mass is 304 g/mol.